The summed E-state index contributed by atoms with van der Waals surface area (Å²) in [5.41, 5.74) is 4.73. The van der Waals surface area contributed by atoms with Crippen molar-refractivity contribution in [3.63, 3.8) is 0 Å². The Hall–Kier alpha value is -6.99. The van der Waals surface area contributed by atoms with Gasteiger partial charge in [-0.25, -0.2) is 9.97 Å². The van der Waals surface area contributed by atoms with E-state index in [4.69, 9.17) is 14.2 Å². The molecule has 6 aromatic rings. The summed E-state index contributed by atoms with van der Waals surface area (Å²) in [5.74, 6) is 5.29. The molecule has 3 aliphatic heterocycles. The van der Waals surface area contributed by atoms with Crippen LogP contribution in [0.5, 0.6) is 11.6 Å². The minimum atomic E-state index is -4.67. The predicted octanol–water partition coefficient (Wildman–Crippen LogP) is 6.99. The number of nitrogens with one attached hydrogen (secondary N) is 1. The van der Waals surface area contributed by atoms with Gasteiger partial charge in [0.05, 0.1) is 17.7 Å². The van der Waals surface area contributed by atoms with Gasteiger partial charge in [-0.15, -0.1) is 0 Å². The molecule has 2 aromatic carbocycles. The lowest BCUT2D eigenvalue weighted by Gasteiger charge is -2.40. The average molecular weight is 870 g/mol. The molecule has 13 nitrogen and oxygen atoms in total. The number of alkyl halides is 3. The summed E-state index contributed by atoms with van der Waals surface area (Å²) in [6, 6.07) is 19.1. The van der Waals surface area contributed by atoms with Crippen molar-refractivity contribution in [2.45, 2.75) is 75.6 Å². The molecule has 16 heteroatoms. The third-order valence-electron chi connectivity index (χ3n) is 12.5. The first-order valence-electron chi connectivity index (χ1n) is 21.3. The molecule has 1 unspecified atom stereocenters. The molecule has 3 amide bonds. The molecule has 326 valence electrons. The number of halogens is 3. The van der Waals surface area contributed by atoms with Gasteiger partial charge in [0, 0.05) is 104 Å². The number of aryl methyl sites for hydroxylation is 1. The van der Waals surface area contributed by atoms with Crippen LogP contribution in [0.25, 0.3) is 32.9 Å². The van der Waals surface area contributed by atoms with Crippen LogP contribution in [0.15, 0.2) is 85.3 Å². The second-order valence-electron chi connectivity index (χ2n) is 16.6. The van der Waals surface area contributed by atoms with Crippen LogP contribution in [0.3, 0.4) is 0 Å². The molecule has 0 bridgehead atoms. The van der Waals surface area contributed by atoms with Crippen LogP contribution >= 0.6 is 0 Å². The second-order valence-corrected chi connectivity index (χ2v) is 16.6. The predicted molar refractivity (Wildman–Crippen MR) is 229 cm³/mol. The number of hydrogen-bond donors (Lipinski definition) is 1. The van der Waals surface area contributed by atoms with Gasteiger partial charge in [0.25, 0.3) is 5.91 Å². The maximum atomic E-state index is 14.0. The number of nitrogens with zero attached hydrogens (tertiary/aromatic N) is 6. The molecule has 2 saturated heterocycles. The van der Waals surface area contributed by atoms with Crippen molar-refractivity contribution < 1.29 is 41.8 Å². The van der Waals surface area contributed by atoms with Crippen molar-refractivity contribution in [3.05, 3.63) is 108 Å². The van der Waals surface area contributed by atoms with Gasteiger partial charge in [0.15, 0.2) is 0 Å². The van der Waals surface area contributed by atoms with Gasteiger partial charge in [-0.2, -0.15) is 13.2 Å². The molecular weight excluding hydrogens is 828 g/mol. The summed E-state index contributed by atoms with van der Waals surface area (Å²) >= 11 is 0. The van der Waals surface area contributed by atoms with E-state index in [-0.39, 0.29) is 61.8 Å². The molecule has 1 aliphatic carbocycles. The molecule has 3 fully saturated rings. The zero-order valence-corrected chi connectivity index (χ0v) is 34.7. The Morgan fingerprint density at radius 2 is 1.69 bits per heavy atom. The second kappa shape index (κ2) is 16.6. The highest BCUT2D eigenvalue weighted by molar-refractivity contribution is 6.08. The monoisotopic (exact) mass is 869 g/mol. The van der Waals surface area contributed by atoms with E-state index in [1.165, 1.54) is 4.90 Å². The van der Waals surface area contributed by atoms with E-state index in [0.717, 1.165) is 51.8 Å². The van der Waals surface area contributed by atoms with E-state index in [9.17, 15) is 27.6 Å². The number of pyridine rings is 3. The Balaban J connectivity index is 0.700. The molecule has 1 atom stereocenters. The van der Waals surface area contributed by atoms with Crippen LogP contribution in [0.2, 0.25) is 0 Å². The number of amides is 3. The molecule has 4 aromatic heterocycles. The number of carbonyl (C=O) groups excluding carboxylic acids is 3. The van der Waals surface area contributed by atoms with E-state index in [2.05, 4.69) is 61.9 Å². The first-order chi connectivity index (χ1) is 30.9. The lowest BCUT2D eigenvalue weighted by Crippen LogP contribution is -2.52. The van der Waals surface area contributed by atoms with Crippen LogP contribution < -0.4 is 19.7 Å². The minimum absolute atomic E-state index is 0.0105. The van der Waals surface area contributed by atoms with E-state index in [1.54, 1.807) is 30.5 Å². The van der Waals surface area contributed by atoms with E-state index in [0.29, 0.717) is 54.4 Å². The normalized spacial score (nSPS) is 20.2. The summed E-state index contributed by atoms with van der Waals surface area (Å²) < 4.78 is 62.5. The van der Waals surface area contributed by atoms with Crippen molar-refractivity contribution in [1.82, 2.24) is 29.7 Å². The maximum absolute atomic E-state index is 14.0. The van der Waals surface area contributed by atoms with Crippen LogP contribution in [-0.2, 0) is 34.1 Å². The Morgan fingerprint density at radius 3 is 2.47 bits per heavy atom. The van der Waals surface area contributed by atoms with Gasteiger partial charge in [-0.1, -0.05) is 18.1 Å². The van der Waals surface area contributed by atoms with Crippen LogP contribution in [0.1, 0.15) is 65.8 Å². The highest BCUT2D eigenvalue weighted by Crippen LogP contribution is 2.36. The van der Waals surface area contributed by atoms with Crippen molar-refractivity contribution in [2.24, 2.45) is 7.05 Å². The molecule has 0 radical (unpaired) electrons. The van der Waals surface area contributed by atoms with Crippen molar-refractivity contribution in [1.29, 1.82) is 0 Å². The van der Waals surface area contributed by atoms with Crippen LogP contribution in [0.4, 0.5) is 18.9 Å². The number of hydrogen-bond acceptors (Lipinski definition) is 10. The molecule has 64 heavy (non-hydrogen) atoms. The average Bonchev–Trinajstić information content (AvgIpc) is 3.76. The maximum Gasteiger partial charge on any atom is 0.433 e. The first-order valence-corrected chi connectivity index (χ1v) is 21.3. The Labute approximate surface area is 365 Å². The topological polar surface area (TPSA) is 141 Å². The van der Waals surface area contributed by atoms with Crippen LogP contribution in [0, 0.1) is 11.8 Å². The number of benzene rings is 2. The lowest BCUT2D eigenvalue weighted by atomic mass is 9.91. The summed E-state index contributed by atoms with van der Waals surface area (Å²) in [6.45, 7) is 1.06. The molecule has 1 N–H and O–H groups in total. The number of aromatic nitrogens is 4. The third kappa shape index (κ3) is 8.19. The highest BCUT2D eigenvalue weighted by Gasteiger charge is 2.40. The third-order valence-corrected chi connectivity index (χ3v) is 12.5. The van der Waals surface area contributed by atoms with Gasteiger partial charge in [-0.3, -0.25) is 24.7 Å². The van der Waals surface area contributed by atoms with Gasteiger partial charge >= 0.3 is 6.18 Å². The largest absolute Gasteiger partial charge is 0.481 e. The minimum Gasteiger partial charge on any atom is -0.481 e. The summed E-state index contributed by atoms with van der Waals surface area (Å²) in [4.78, 5) is 53.0. The van der Waals surface area contributed by atoms with Crippen LogP contribution in [-0.4, -0.2) is 86.2 Å². The highest BCUT2D eigenvalue weighted by atomic mass is 19.4. The van der Waals surface area contributed by atoms with E-state index >= 15 is 0 Å². The first kappa shape index (κ1) is 41.0. The Kier molecular flexibility index (Phi) is 10.7. The zero-order valence-electron chi connectivity index (χ0n) is 34.7. The summed E-state index contributed by atoms with van der Waals surface area (Å²) in [5, 5.41) is 4.56. The van der Waals surface area contributed by atoms with Gasteiger partial charge < -0.3 is 28.6 Å². The number of ether oxygens (including phenoxy) is 3. The van der Waals surface area contributed by atoms with E-state index in [1.807, 2.05) is 35.5 Å². The van der Waals surface area contributed by atoms with Gasteiger partial charge in [-0.05, 0) is 84.8 Å². The Morgan fingerprint density at radius 1 is 0.859 bits per heavy atom. The fourth-order valence-electron chi connectivity index (χ4n) is 9.07. The lowest BCUT2D eigenvalue weighted by molar-refractivity contribution is -0.141. The number of anilines is 1. The summed E-state index contributed by atoms with van der Waals surface area (Å²) in [7, 11) is 2.06. The fraction of sp³-hybridized carbons (Fsp3) is 0.333. The van der Waals surface area contributed by atoms with Crippen molar-refractivity contribution >= 4 is 45.2 Å². The molecule has 7 heterocycles. The summed E-state index contributed by atoms with van der Waals surface area (Å²) in [6.07, 6.45) is 4.05. The van der Waals surface area contributed by atoms with Crippen molar-refractivity contribution in [2.75, 3.05) is 24.6 Å². The molecule has 4 aliphatic rings. The Bertz CT molecular complexity index is 2880. The molecular formula is C48H42F3N7O6. The van der Waals surface area contributed by atoms with Gasteiger partial charge in [0.1, 0.15) is 35.9 Å². The van der Waals surface area contributed by atoms with Crippen molar-refractivity contribution in [3.8, 4) is 34.6 Å². The molecule has 0 spiro atoms. The number of carbonyl (C=O) groups is 3. The SMILES string of the molecule is Cn1c2ccncc2c2ccc(-c3ccc(O[C@H]4C[C@H](OC5CCN(c6cc(C#CCOc7ccc8c(c7)CN(C7CCC(=O)NC7=O)C8=O)nc(C(F)(F)F)c6)CC5)C4)nc3)cc21. The number of imide groups is 1. The quantitative estimate of drug-likeness (QED) is 0.120. The van der Waals surface area contributed by atoms with Gasteiger partial charge in [0.2, 0.25) is 17.7 Å². The number of piperidine rings is 2. The molecule has 1 saturated carbocycles. The smallest absolute Gasteiger partial charge is 0.433 e. The standard InChI is InChI=1S/C48H42F3N7O6/c1-56-40-12-15-52-26-39(40)38-7-4-28(20-42(38)56)29-5-11-45(53-25-29)64-36-23-35(24-36)63-33-13-16-57(17-14-33)32-21-31(54-43(22-32)48(49,50)51)3-2-18-62-34-6-8-37-30(19-34)27-58(47(37)61)41-9-10-44(59)55-46(41)60/h4-8,11-12,15,19-22,25-26,33,35-36,41H,9-10,13-14,16-18,23-24,27H2,1H3,(H,55,59,60)/t35-,36-,41?. The number of fused-ring (bicyclic) bond motifs is 4. The number of rotatable bonds is 9. The zero-order chi connectivity index (χ0) is 44.1. The molecule has 10 rings (SSSR count). The van der Waals surface area contributed by atoms with E-state index < -0.39 is 23.8 Å². The fourth-order valence-corrected chi connectivity index (χ4v) is 9.07.